The maximum absolute atomic E-state index is 13.6. The molecule has 7 heteroatoms. The van der Waals surface area contributed by atoms with Gasteiger partial charge in [-0.1, -0.05) is 183 Å². The van der Waals surface area contributed by atoms with Gasteiger partial charge in [0.25, 0.3) is 0 Å². The van der Waals surface area contributed by atoms with Gasteiger partial charge >= 0.3 is 11.9 Å². The van der Waals surface area contributed by atoms with Crippen LogP contribution in [0.1, 0.15) is 234 Å². The molecule has 0 bridgehead atoms. The van der Waals surface area contributed by atoms with Crippen LogP contribution in [0.15, 0.2) is 0 Å². The highest BCUT2D eigenvalue weighted by Crippen LogP contribution is 2.36. The molecule has 0 radical (unpaired) electrons. The molecule has 0 spiro atoms. The quantitative estimate of drug-likeness (QED) is 0.0351. The van der Waals surface area contributed by atoms with E-state index in [1.807, 2.05) is 0 Å². The number of rotatable bonds is 38. The van der Waals surface area contributed by atoms with E-state index in [2.05, 4.69) is 59.5 Å². The lowest BCUT2D eigenvalue weighted by molar-refractivity contribution is -0.154. The van der Waals surface area contributed by atoms with Gasteiger partial charge in [0.1, 0.15) is 0 Å². The van der Waals surface area contributed by atoms with Crippen LogP contribution in [-0.2, 0) is 23.5 Å². The molecular formula is C50H99NO5Si. The van der Waals surface area contributed by atoms with Crippen molar-refractivity contribution in [2.45, 2.75) is 252 Å². The van der Waals surface area contributed by atoms with Gasteiger partial charge in [-0.05, 0) is 88.6 Å². The number of unbranched alkanes of at least 4 members (excludes halogenated alkanes) is 21. The number of esters is 2. The van der Waals surface area contributed by atoms with Crippen LogP contribution in [-0.4, -0.2) is 64.6 Å². The molecule has 0 N–H and O–H groups in total. The third-order valence-corrected chi connectivity index (χ3v) is 18.0. The van der Waals surface area contributed by atoms with E-state index in [-0.39, 0.29) is 28.8 Å². The maximum Gasteiger partial charge on any atom is 0.308 e. The molecule has 6 nitrogen and oxygen atoms in total. The Balaban J connectivity index is 2.62. The van der Waals surface area contributed by atoms with Crippen LogP contribution in [0, 0.1) is 17.8 Å². The highest BCUT2D eigenvalue weighted by atomic mass is 28.4. The van der Waals surface area contributed by atoms with Crippen LogP contribution >= 0.6 is 0 Å². The summed E-state index contributed by atoms with van der Waals surface area (Å²) in [5.74, 6) is 0.375. The number of nitrogens with zero attached hydrogens (tertiary/aromatic N) is 1. The fourth-order valence-corrected chi connectivity index (χ4v) is 9.27. The van der Waals surface area contributed by atoms with Gasteiger partial charge in [0.2, 0.25) is 0 Å². The van der Waals surface area contributed by atoms with Crippen molar-refractivity contribution in [3.63, 3.8) is 0 Å². The molecule has 1 heterocycles. The Kier molecular flexibility index (Phi) is 33.0. The molecule has 0 aromatic carbocycles. The van der Waals surface area contributed by atoms with E-state index in [4.69, 9.17) is 13.9 Å². The van der Waals surface area contributed by atoms with E-state index in [0.29, 0.717) is 25.6 Å². The number of piperidine rings is 1. The predicted octanol–water partition coefficient (Wildman–Crippen LogP) is 15.0. The zero-order valence-corrected chi connectivity index (χ0v) is 40.7. The van der Waals surface area contributed by atoms with Crippen molar-refractivity contribution in [3.8, 4) is 0 Å². The van der Waals surface area contributed by atoms with E-state index < -0.39 is 8.32 Å². The molecule has 0 aromatic rings. The molecular weight excluding hydrogens is 723 g/mol. The first-order chi connectivity index (χ1) is 27.4. The molecule has 0 aliphatic carbocycles. The lowest BCUT2D eigenvalue weighted by Crippen LogP contribution is -2.41. The van der Waals surface area contributed by atoms with E-state index in [9.17, 15) is 9.59 Å². The van der Waals surface area contributed by atoms with Gasteiger partial charge in [0, 0.05) is 18.9 Å². The molecule has 1 aliphatic heterocycles. The number of carbonyl (C=O) groups is 2. The molecule has 1 rings (SSSR count). The van der Waals surface area contributed by atoms with Crippen molar-refractivity contribution in [1.82, 2.24) is 4.90 Å². The average molecular weight is 822 g/mol. The lowest BCUT2D eigenvalue weighted by atomic mass is 9.85. The Hall–Kier alpha value is -0.923. The van der Waals surface area contributed by atoms with Crippen LogP contribution in [0.25, 0.3) is 0 Å². The monoisotopic (exact) mass is 822 g/mol. The number of carbonyl (C=O) groups excluding carboxylic acids is 2. The van der Waals surface area contributed by atoms with Crippen LogP contribution in [0.2, 0.25) is 18.1 Å². The normalized spacial score (nSPS) is 15.5. The number of hydrogen-bond acceptors (Lipinski definition) is 6. The first-order valence-corrected chi connectivity index (χ1v) is 28.0. The summed E-state index contributed by atoms with van der Waals surface area (Å²) in [4.78, 5) is 29.2. The van der Waals surface area contributed by atoms with E-state index in [0.717, 1.165) is 90.4 Å². The minimum Gasteiger partial charge on any atom is -0.465 e. The van der Waals surface area contributed by atoms with Crippen molar-refractivity contribution in [2.24, 2.45) is 17.8 Å². The van der Waals surface area contributed by atoms with Gasteiger partial charge in [-0.2, -0.15) is 0 Å². The van der Waals surface area contributed by atoms with Crippen molar-refractivity contribution < 1.29 is 23.5 Å². The fourth-order valence-electron chi connectivity index (χ4n) is 8.18. The maximum atomic E-state index is 13.6. The second kappa shape index (κ2) is 34.8. The second-order valence-electron chi connectivity index (χ2n) is 19.7. The average Bonchev–Trinajstić information content (AvgIpc) is 3.18. The third-order valence-electron chi connectivity index (χ3n) is 13.5. The first-order valence-electron chi connectivity index (χ1n) is 25.1. The van der Waals surface area contributed by atoms with Gasteiger partial charge in [0.15, 0.2) is 8.32 Å². The van der Waals surface area contributed by atoms with Crippen LogP contribution in [0.5, 0.6) is 0 Å². The van der Waals surface area contributed by atoms with Crippen LogP contribution < -0.4 is 0 Å². The summed E-state index contributed by atoms with van der Waals surface area (Å²) in [6.07, 6.45) is 35.8. The Morgan fingerprint density at radius 2 is 1.04 bits per heavy atom. The zero-order valence-electron chi connectivity index (χ0n) is 39.7. The molecule has 57 heavy (non-hydrogen) atoms. The molecule has 1 saturated heterocycles. The summed E-state index contributed by atoms with van der Waals surface area (Å²) in [6, 6.07) is 0. The summed E-state index contributed by atoms with van der Waals surface area (Å²) in [5, 5.41) is 0.254. The molecule has 0 aromatic heterocycles. The molecule has 0 amide bonds. The van der Waals surface area contributed by atoms with E-state index >= 15 is 0 Å². The summed E-state index contributed by atoms with van der Waals surface area (Å²) >= 11 is 0. The van der Waals surface area contributed by atoms with Crippen molar-refractivity contribution >= 4 is 20.3 Å². The Morgan fingerprint density at radius 1 is 0.596 bits per heavy atom. The van der Waals surface area contributed by atoms with Crippen molar-refractivity contribution in [1.29, 1.82) is 0 Å². The zero-order chi connectivity index (χ0) is 42.0. The standard InChI is InChI=1S/C50H99NO5Si/c1-9-12-15-18-20-21-22-23-24-25-26-28-31-36-48(52)54-43-47(44-55-49(53)46(34-29-17-14-11-3)35-30-27-19-16-13-10-2)45-37-40-51(41-38-45)39-32-33-42-56-57(7,8)50(4,5)6/h45-47H,9-44H2,1-8H3. The van der Waals surface area contributed by atoms with E-state index in [1.165, 1.54) is 122 Å². The van der Waals surface area contributed by atoms with Gasteiger partial charge in [-0.15, -0.1) is 0 Å². The molecule has 338 valence electrons. The largest absolute Gasteiger partial charge is 0.465 e. The third kappa shape index (κ3) is 28.3. The minimum absolute atomic E-state index is 0.00533. The topological polar surface area (TPSA) is 65.1 Å². The van der Waals surface area contributed by atoms with Crippen molar-refractivity contribution in [3.05, 3.63) is 0 Å². The van der Waals surface area contributed by atoms with Crippen LogP contribution in [0.3, 0.4) is 0 Å². The van der Waals surface area contributed by atoms with Gasteiger partial charge < -0.3 is 18.8 Å². The summed E-state index contributed by atoms with van der Waals surface area (Å²) in [7, 11) is -1.69. The molecule has 0 saturated carbocycles. The Morgan fingerprint density at radius 3 is 1.53 bits per heavy atom. The number of ether oxygens (including phenoxy) is 2. The number of hydrogen-bond donors (Lipinski definition) is 0. The second-order valence-corrected chi connectivity index (χ2v) is 24.5. The summed E-state index contributed by atoms with van der Waals surface area (Å²) in [5.41, 5.74) is 0. The van der Waals surface area contributed by atoms with Gasteiger partial charge in [-0.25, -0.2) is 0 Å². The molecule has 2 unspecified atom stereocenters. The Bertz CT molecular complexity index is 943. The highest BCUT2D eigenvalue weighted by molar-refractivity contribution is 6.74. The number of likely N-dealkylation sites (tertiary alicyclic amines) is 1. The molecule has 2 atom stereocenters. The minimum atomic E-state index is -1.69. The summed E-state index contributed by atoms with van der Waals surface area (Å²) < 4.78 is 18.6. The summed E-state index contributed by atoms with van der Waals surface area (Å²) in [6.45, 7) is 23.2. The molecule has 1 aliphatic rings. The fraction of sp³-hybridized carbons (Fsp3) is 0.960. The first kappa shape index (κ1) is 54.1. The Labute approximate surface area is 357 Å². The SMILES string of the molecule is CCCCCCCCCCCCCCCC(=O)OCC(COC(=O)C(CCCCCC)CCCCCCCC)C1CCN(CCCCO[Si](C)(C)C(C)(C)C)CC1. The van der Waals surface area contributed by atoms with Crippen LogP contribution in [0.4, 0.5) is 0 Å². The van der Waals surface area contributed by atoms with Gasteiger partial charge in [-0.3, -0.25) is 9.59 Å². The highest BCUT2D eigenvalue weighted by Gasteiger charge is 2.37. The smallest absolute Gasteiger partial charge is 0.308 e. The van der Waals surface area contributed by atoms with E-state index in [1.54, 1.807) is 0 Å². The predicted molar refractivity (Wildman–Crippen MR) is 248 cm³/mol. The van der Waals surface area contributed by atoms with Crippen molar-refractivity contribution in [2.75, 3.05) is 39.5 Å². The van der Waals surface area contributed by atoms with Gasteiger partial charge in [0.05, 0.1) is 19.1 Å². The lowest BCUT2D eigenvalue weighted by Gasteiger charge is -2.37. The molecule has 1 fully saturated rings.